The third-order valence-corrected chi connectivity index (χ3v) is 10.3. The average molecular weight is 716 g/mol. The topological polar surface area (TPSA) is 165 Å². The summed E-state index contributed by atoms with van der Waals surface area (Å²) < 4.78 is 51.6. The minimum atomic E-state index is -5.68. The van der Waals surface area contributed by atoms with E-state index in [1.54, 1.807) is 25.1 Å². The van der Waals surface area contributed by atoms with Crippen molar-refractivity contribution in [2.45, 2.75) is 36.4 Å². The Morgan fingerprint density at radius 3 is 2.14 bits per heavy atom. The summed E-state index contributed by atoms with van der Waals surface area (Å²) in [4.78, 5) is 53.6. The van der Waals surface area contributed by atoms with Crippen LogP contribution in [-0.2, 0) is 31.1 Å². The van der Waals surface area contributed by atoms with Crippen LogP contribution < -0.4 is 5.30 Å². The number of alkyl halides is 2. The molecular formula is C28H26BrF2NO8P2S. The lowest BCUT2D eigenvalue weighted by Crippen LogP contribution is -2.14. The number of thioether (sulfide) groups is 1. The largest absolute Gasteiger partial charge is 0.481 e. The maximum Gasteiger partial charge on any atom is 0.399 e. The highest BCUT2D eigenvalue weighted by atomic mass is 79.9. The lowest BCUT2D eigenvalue weighted by atomic mass is 9.99. The Hall–Kier alpha value is -2.47. The fourth-order valence-corrected chi connectivity index (χ4v) is 7.44. The van der Waals surface area contributed by atoms with Gasteiger partial charge in [-0.15, -0.1) is 0 Å². The number of nitrogens with zero attached hydrogens (tertiary/aromatic N) is 1. The van der Waals surface area contributed by atoms with Gasteiger partial charge in [-0.1, -0.05) is 65.3 Å². The number of carboxylic acid groups (broad SMARTS) is 1. The maximum atomic E-state index is 14.1. The lowest BCUT2D eigenvalue weighted by Gasteiger charge is -2.19. The molecule has 0 aliphatic carbocycles. The number of fused-ring (bicyclic) bond motifs is 1. The minimum absolute atomic E-state index is 0.102. The van der Waals surface area contributed by atoms with Crippen molar-refractivity contribution in [2.75, 3.05) is 0 Å². The van der Waals surface area contributed by atoms with Gasteiger partial charge in [0, 0.05) is 38.5 Å². The molecule has 5 N–H and O–H groups in total. The summed E-state index contributed by atoms with van der Waals surface area (Å²) in [6.07, 6.45) is -0.172. The summed E-state index contributed by atoms with van der Waals surface area (Å²) in [5, 5.41) is 9.34. The summed E-state index contributed by atoms with van der Waals surface area (Å²) >= 11 is 4.48. The lowest BCUT2D eigenvalue weighted by molar-refractivity contribution is -0.137. The van der Waals surface area contributed by atoms with Crippen LogP contribution in [0.3, 0.4) is 0 Å². The summed E-state index contributed by atoms with van der Waals surface area (Å²) in [5.74, 6) is -0.448. The number of rotatable bonds is 11. The first-order valence-corrected chi connectivity index (χ1v) is 17.8. The Morgan fingerprint density at radius 2 is 1.56 bits per heavy atom. The first-order chi connectivity index (χ1) is 20.0. The highest BCUT2D eigenvalue weighted by molar-refractivity contribution is 9.10. The monoisotopic (exact) mass is 715 g/mol. The van der Waals surface area contributed by atoms with E-state index in [4.69, 9.17) is 14.9 Å². The molecule has 1 heterocycles. The molecule has 1 aromatic heterocycles. The molecule has 1 unspecified atom stereocenters. The predicted octanol–water partition coefficient (Wildman–Crippen LogP) is 6.71. The molecule has 0 aliphatic heterocycles. The normalized spacial score (nSPS) is 13.3. The Labute approximate surface area is 257 Å². The van der Waals surface area contributed by atoms with Crippen molar-refractivity contribution in [1.29, 1.82) is 0 Å². The van der Waals surface area contributed by atoms with Gasteiger partial charge in [-0.05, 0) is 46.5 Å². The Kier molecular flexibility index (Phi) is 10.0. The number of pyridine rings is 1. The van der Waals surface area contributed by atoms with Crippen molar-refractivity contribution in [3.05, 3.63) is 93.6 Å². The quantitative estimate of drug-likeness (QED) is 0.105. The van der Waals surface area contributed by atoms with Crippen molar-refractivity contribution >= 4 is 65.1 Å². The van der Waals surface area contributed by atoms with E-state index in [0.717, 1.165) is 11.6 Å². The van der Waals surface area contributed by atoms with Gasteiger partial charge in [0.1, 0.15) is 0 Å². The molecule has 4 rings (SSSR count). The fourth-order valence-electron chi connectivity index (χ4n) is 4.39. The van der Waals surface area contributed by atoms with Crippen LogP contribution in [0.1, 0.15) is 41.6 Å². The molecule has 0 saturated heterocycles. The van der Waals surface area contributed by atoms with Crippen molar-refractivity contribution in [3.8, 4) is 11.1 Å². The Bertz CT molecular complexity index is 1780. The molecule has 3 aromatic carbocycles. The van der Waals surface area contributed by atoms with Crippen molar-refractivity contribution < 1.29 is 47.4 Å². The number of hydrogen-bond acceptors (Lipinski definition) is 5. The van der Waals surface area contributed by atoms with Crippen LogP contribution in [-0.4, -0.2) is 35.6 Å². The van der Waals surface area contributed by atoms with Crippen molar-refractivity contribution in [3.63, 3.8) is 0 Å². The zero-order valence-electron chi connectivity index (χ0n) is 22.4. The number of benzene rings is 3. The Morgan fingerprint density at radius 1 is 0.930 bits per heavy atom. The molecule has 4 aromatic rings. The first-order valence-electron chi connectivity index (χ1n) is 12.6. The van der Waals surface area contributed by atoms with Gasteiger partial charge in [-0.25, -0.2) is 0 Å². The number of aliphatic carboxylic acids is 1. The van der Waals surface area contributed by atoms with Gasteiger partial charge in [-0.3, -0.25) is 18.9 Å². The molecule has 0 bridgehead atoms. The van der Waals surface area contributed by atoms with E-state index in [9.17, 15) is 32.5 Å². The molecule has 0 radical (unpaired) electrons. The summed E-state index contributed by atoms with van der Waals surface area (Å²) in [6, 6.07) is 17.6. The van der Waals surface area contributed by atoms with Crippen molar-refractivity contribution in [1.82, 2.24) is 4.98 Å². The number of halogens is 3. The number of hydrogen-bond donors (Lipinski definition) is 5. The van der Waals surface area contributed by atoms with Gasteiger partial charge in [0.2, 0.25) is 0 Å². The van der Waals surface area contributed by atoms with Crippen LogP contribution in [0.5, 0.6) is 0 Å². The van der Waals surface area contributed by atoms with Gasteiger partial charge in [0.25, 0.3) is 0 Å². The smallest absolute Gasteiger partial charge is 0.399 e. The number of aromatic nitrogens is 1. The van der Waals surface area contributed by atoms with E-state index in [2.05, 4.69) is 20.9 Å². The molecular weight excluding hydrogens is 690 g/mol. The van der Waals surface area contributed by atoms with E-state index in [-0.39, 0.29) is 21.7 Å². The summed E-state index contributed by atoms with van der Waals surface area (Å²) in [5.41, 5.74) is -1.68. The van der Waals surface area contributed by atoms with E-state index >= 15 is 0 Å². The van der Waals surface area contributed by atoms with Crippen LogP contribution >= 0.6 is 42.9 Å². The molecule has 0 amide bonds. The number of carboxylic acids is 1. The molecule has 9 nitrogen and oxygen atoms in total. The molecule has 0 fully saturated rings. The average Bonchev–Trinajstić information content (AvgIpc) is 2.91. The van der Waals surface area contributed by atoms with Crippen LogP contribution in [0.25, 0.3) is 22.0 Å². The standard InChI is InChI=1S/C28H26BrF2NO8P2S/c1-16(10-26(33)34)24-9-7-20-12-21(13-25(27(20)32-24)41(35,36)37)19-5-2-17(3-6-19)14-43-15-18-4-8-22(23(29)11-18)28(30,31)42(38,39)40/h2-9,11-13,16H,10,14-15H2,1H3,(H,33,34)(H2,35,36,37)(H2,38,39,40). The van der Waals surface area contributed by atoms with Crippen LogP contribution in [0.4, 0.5) is 8.78 Å². The third-order valence-electron chi connectivity index (χ3n) is 6.64. The van der Waals surface area contributed by atoms with Gasteiger partial charge in [0.15, 0.2) is 0 Å². The van der Waals surface area contributed by atoms with Crippen LogP contribution in [0.15, 0.2) is 71.2 Å². The minimum Gasteiger partial charge on any atom is -0.481 e. The maximum absolute atomic E-state index is 14.1. The molecule has 43 heavy (non-hydrogen) atoms. The second-order valence-corrected chi connectivity index (χ2v) is 15.0. The molecule has 1 atom stereocenters. The summed E-state index contributed by atoms with van der Waals surface area (Å²) in [7, 11) is -10.4. The zero-order chi connectivity index (χ0) is 31.7. The fraction of sp³-hybridized carbons (Fsp3) is 0.214. The molecule has 228 valence electrons. The van der Waals surface area contributed by atoms with Crippen molar-refractivity contribution in [2.24, 2.45) is 0 Å². The second kappa shape index (κ2) is 12.9. The number of carbonyl (C=O) groups is 1. The van der Waals surface area contributed by atoms with Crippen LogP contribution in [0, 0.1) is 0 Å². The van der Waals surface area contributed by atoms with Crippen LogP contribution in [0.2, 0.25) is 0 Å². The molecule has 0 saturated carbocycles. The summed E-state index contributed by atoms with van der Waals surface area (Å²) in [6.45, 7) is 1.68. The molecule has 0 aliphatic rings. The van der Waals surface area contributed by atoms with E-state index in [0.29, 0.717) is 39.3 Å². The van der Waals surface area contributed by atoms with Gasteiger partial charge >= 0.3 is 26.8 Å². The second-order valence-electron chi connectivity index (χ2n) is 9.94. The molecule has 0 spiro atoms. The van der Waals surface area contributed by atoms with Gasteiger partial charge < -0.3 is 24.7 Å². The van der Waals surface area contributed by atoms with Gasteiger partial charge in [-0.2, -0.15) is 20.5 Å². The zero-order valence-corrected chi connectivity index (χ0v) is 26.6. The Balaban J connectivity index is 1.50. The van der Waals surface area contributed by atoms with E-state index in [1.807, 2.05) is 24.3 Å². The predicted molar refractivity (Wildman–Crippen MR) is 165 cm³/mol. The first kappa shape index (κ1) is 33.4. The van der Waals surface area contributed by atoms with E-state index < -0.39 is 38.3 Å². The van der Waals surface area contributed by atoms with Gasteiger partial charge in [0.05, 0.1) is 17.2 Å². The molecule has 15 heteroatoms. The van der Waals surface area contributed by atoms with E-state index in [1.165, 1.54) is 30.0 Å². The highest BCUT2D eigenvalue weighted by Gasteiger charge is 2.51. The third kappa shape index (κ3) is 7.79. The highest BCUT2D eigenvalue weighted by Crippen LogP contribution is 2.60. The SMILES string of the molecule is CC(CC(=O)O)c1ccc2cc(-c3ccc(CSCc4ccc(C(F)(F)P(=O)(O)O)c(Br)c4)cc3)cc(P(=O)(O)O)c2n1.